The molecular weight excluding hydrogens is 378 g/mol. The van der Waals surface area contributed by atoms with E-state index in [1.54, 1.807) is 42.5 Å². The Labute approximate surface area is 164 Å². The number of rotatable bonds is 6. The Kier molecular flexibility index (Phi) is 5.62. The van der Waals surface area contributed by atoms with Gasteiger partial charge in [-0.1, -0.05) is 29.8 Å². The van der Waals surface area contributed by atoms with Crippen LogP contribution in [0.15, 0.2) is 58.3 Å². The molecule has 1 heterocycles. The van der Waals surface area contributed by atoms with Crippen LogP contribution in [0, 0.1) is 20.8 Å². The third kappa shape index (κ3) is 4.54. The molecule has 27 heavy (non-hydrogen) atoms. The fourth-order valence-corrected chi connectivity index (χ4v) is 4.71. The van der Waals surface area contributed by atoms with Crippen molar-refractivity contribution >= 4 is 27.5 Å². The third-order valence-electron chi connectivity index (χ3n) is 4.41. The van der Waals surface area contributed by atoms with E-state index in [4.69, 9.17) is 0 Å². The molecule has 1 aromatic heterocycles. The van der Waals surface area contributed by atoms with E-state index in [0.717, 1.165) is 17.0 Å². The van der Waals surface area contributed by atoms with Gasteiger partial charge in [0.2, 0.25) is 0 Å². The quantitative estimate of drug-likeness (QED) is 0.620. The van der Waals surface area contributed by atoms with Crippen molar-refractivity contribution < 1.29 is 8.42 Å². The molecule has 2 aromatic carbocycles. The van der Waals surface area contributed by atoms with Gasteiger partial charge in [0.15, 0.2) is 0 Å². The van der Waals surface area contributed by atoms with Gasteiger partial charge in [-0.15, -0.1) is 11.8 Å². The molecule has 0 spiro atoms. The van der Waals surface area contributed by atoms with Gasteiger partial charge in [0.05, 0.1) is 22.0 Å². The number of aryl methyl sites for hydroxylation is 3. The van der Waals surface area contributed by atoms with Crippen LogP contribution in [0.2, 0.25) is 0 Å². The number of nitrogens with one attached hydrogen (secondary N) is 1. The molecule has 0 fully saturated rings. The summed E-state index contributed by atoms with van der Waals surface area (Å²) in [5.74, 6) is 0.789. The highest BCUT2D eigenvalue weighted by atomic mass is 32.2. The first-order valence-corrected chi connectivity index (χ1v) is 11.0. The van der Waals surface area contributed by atoms with Gasteiger partial charge in [-0.25, -0.2) is 8.42 Å². The Morgan fingerprint density at radius 2 is 1.63 bits per heavy atom. The average molecular weight is 402 g/mol. The summed E-state index contributed by atoms with van der Waals surface area (Å²) >= 11 is 1.73. The Hall–Kier alpha value is -2.25. The van der Waals surface area contributed by atoms with E-state index in [0.29, 0.717) is 11.4 Å². The minimum absolute atomic E-state index is 0.245. The molecule has 0 radical (unpaired) electrons. The van der Waals surface area contributed by atoms with Gasteiger partial charge >= 0.3 is 0 Å². The summed E-state index contributed by atoms with van der Waals surface area (Å²) < 4.78 is 29.7. The fourth-order valence-electron chi connectivity index (χ4n) is 2.68. The first-order chi connectivity index (χ1) is 12.8. The number of sulfonamides is 1. The zero-order chi connectivity index (χ0) is 19.6. The van der Waals surface area contributed by atoms with Crippen molar-refractivity contribution in [1.29, 1.82) is 0 Å². The van der Waals surface area contributed by atoms with Crippen molar-refractivity contribution in [2.75, 3.05) is 4.72 Å². The van der Waals surface area contributed by atoms with Crippen molar-refractivity contribution in [3.63, 3.8) is 0 Å². The lowest BCUT2D eigenvalue weighted by atomic mass is 10.2. The predicted octanol–water partition coefficient (Wildman–Crippen LogP) is 4.44. The van der Waals surface area contributed by atoms with Gasteiger partial charge in [-0.05, 0) is 50.6 Å². The normalized spacial score (nSPS) is 11.6. The molecule has 0 bridgehead atoms. The topological polar surface area (TPSA) is 64.0 Å². The number of benzene rings is 2. The monoisotopic (exact) mass is 401 g/mol. The fraction of sp³-hybridized carbons (Fsp3) is 0.250. The second-order valence-corrected chi connectivity index (χ2v) is 9.25. The third-order valence-corrected chi connectivity index (χ3v) is 6.85. The maximum atomic E-state index is 12.7. The largest absolute Gasteiger partial charge is 0.276 e. The van der Waals surface area contributed by atoms with Crippen molar-refractivity contribution in [2.45, 2.75) is 36.3 Å². The van der Waals surface area contributed by atoms with Gasteiger partial charge in [-0.2, -0.15) is 5.10 Å². The number of anilines is 1. The highest BCUT2D eigenvalue weighted by molar-refractivity contribution is 7.98. The standard InChI is InChI=1S/C20H23N3O2S2/c1-14-5-9-18(10-6-14)26-13-17-7-11-19(12-8-17)27(24,25)22-20-15(2)21-23(4)16(20)3/h5-12,22H,13H2,1-4H3. The van der Waals surface area contributed by atoms with Crippen LogP contribution < -0.4 is 4.72 Å². The molecule has 0 unspecified atom stereocenters. The Morgan fingerprint density at radius 1 is 1.00 bits per heavy atom. The lowest BCUT2D eigenvalue weighted by Gasteiger charge is -2.09. The van der Waals surface area contributed by atoms with E-state index >= 15 is 0 Å². The summed E-state index contributed by atoms with van der Waals surface area (Å²) in [7, 11) is -1.85. The van der Waals surface area contributed by atoms with E-state index < -0.39 is 10.0 Å². The van der Waals surface area contributed by atoms with E-state index in [2.05, 4.69) is 41.0 Å². The van der Waals surface area contributed by atoms with Crippen LogP contribution in [0.4, 0.5) is 5.69 Å². The molecule has 0 aliphatic rings. The predicted molar refractivity (Wildman–Crippen MR) is 111 cm³/mol. The molecule has 3 rings (SSSR count). The number of hydrogen-bond acceptors (Lipinski definition) is 4. The number of thioether (sulfide) groups is 1. The zero-order valence-corrected chi connectivity index (χ0v) is 17.5. The zero-order valence-electron chi connectivity index (χ0n) is 15.9. The van der Waals surface area contributed by atoms with Crippen LogP contribution in [0.25, 0.3) is 0 Å². The van der Waals surface area contributed by atoms with E-state index in [1.807, 2.05) is 19.1 Å². The molecule has 5 nitrogen and oxygen atoms in total. The SMILES string of the molecule is Cc1ccc(SCc2ccc(S(=O)(=O)Nc3c(C)nn(C)c3C)cc2)cc1. The Balaban J connectivity index is 1.71. The van der Waals surface area contributed by atoms with Gasteiger partial charge in [0.25, 0.3) is 10.0 Å². The van der Waals surface area contributed by atoms with Crippen LogP contribution >= 0.6 is 11.8 Å². The minimum Gasteiger partial charge on any atom is -0.276 e. The summed E-state index contributed by atoms with van der Waals surface area (Å²) in [6.45, 7) is 5.69. The smallest absolute Gasteiger partial charge is 0.262 e. The molecule has 0 amide bonds. The minimum atomic E-state index is -3.64. The van der Waals surface area contributed by atoms with Crippen molar-refractivity contribution in [2.24, 2.45) is 7.05 Å². The lowest BCUT2D eigenvalue weighted by Crippen LogP contribution is -2.14. The van der Waals surface area contributed by atoms with Gasteiger partial charge in [0.1, 0.15) is 0 Å². The second-order valence-electron chi connectivity index (χ2n) is 6.52. The van der Waals surface area contributed by atoms with E-state index in [1.165, 1.54) is 10.5 Å². The number of hydrogen-bond donors (Lipinski definition) is 1. The molecule has 0 atom stereocenters. The van der Waals surface area contributed by atoms with E-state index in [-0.39, 0.29) is 4.90 Å². The average Bonchev–Trinajstić information content (AvgIpc) is 2.87. The highest BCUT2D eigenvalue weighted by Crippen LogP contribution is 2.25. The first kappa shape index (κ1) is 19.5. The van der Waals surface area contributed by atoms with Crippen LogP contribution in [-0.2, 0) is 22.8 Å². The summed E-state index contributed by atoms with van der Waals surface area (Å²) in [6, 6.07) is 15.4. The molecule has 142 valence electrons. The van der Waals surface area contributed by atoms with Crippen molar-refractivity contribution in [1.82, 2.24) is 9.78 Å². The summed E-state index contributed by atoms with van der Waals surface area (Å²) in [6.07, 6.45) is 0. The highest BCUT2D eigenvalue weighted by Gasteiger charge is 2.19. The van der Waals surface area contributed by atoms with Crippen LogP contribution in [-0.4, -0.2) is 18.2 Å². The van der Waals surface area contributed by atoms with Crippen LogP contribution in [0.1, 0.15) is 22.5 Å². The molecule has 0 aliphatic carbocycles. The Bertz CT molecular complexity index is 1040. The Morgan fingerprint density at radius 3 is 2.19 bits per heavy atom. The summed E-state index contributed by atoms with van der Waals surface area (Å²) in [5, 5.41) is 4.25. The molecule has 0 saturated carbocycles. The van der Waals surface area contributed by atoms with Gasteiger partial charge < -0.3 is 0 Å². The molecule has 1 N–H and O–H groups in total. The molecular formula is C20H23N3O2S2. The molecule has 3 aromatic rings. The maximum absolute atomic E-state index is 12.7. The number of aromatic nitrogens is 2. The van der Waals surface area contributed by atoms with Gasteiger partial charge in [-0.3, -0.25) is 9.40 Å². The van der Waals surface area contributed by atoms with Gasteiger partial charge in [0, 0.05) is 17.7 Å². The maximum Gasteiger partial charge on any atom is 0.262 e. The molecule has 0 aliphatic heterocycles. The van der Waals surface area contributed by atoms with Crippen LogP contribution in [0.3, 0.4) is 0 Å². The van der Waals surface area contributed by atoms with Crippen LogP contribution in [0.5, 0.6) is 0 Å². The summed E-state index contributed by atoms with van der Waals surface area (Å²) in [5.41, 5.74) is 4.29. The molecule has 7 heteroatoms. The number of nitrogens with zero attached hydrogens (tertiary/aromatic N) is 2. The van der Waals surface area contributed by atoms with Crippen molar-refractivity contribution in [3.8, 4) is 0 Å². The van der Waals surface area contributed by atoms with E-state index in [9.17, 15) is 8.42 Å². The molecule has 0 saturated heterocycles. The van der Waals surface area contributed by atoms with Crippen molar-refractivity contribution in [3.05, 3.63) is 71.0 Å². The second kappa shape index (κ2) is 7.78. The summed E-state index contributed by atoms with van der Waals surface area (Å²) in [4.78, 5) is 1.44. The first-order valence-electron chi connectivity index (χ1n) is 8.58. The lowest BCUT2D eigenvalue weighted by molar-refractivity contribution is 0.601.